The smallest absolute Gasteiger partial charge is 0.247 e. The largest absolute Gasteiger partial charge is 0.343 e. The number of pyridine rings is 1. The molecule has 9 nitrogen and oxygen atoms in total. The molecule has 1 saturated heterocycles. The Morgan fingerprint density at radius 2 is 1.65 bits per heavy atom. The summed E-state index contributed by atoms with van der Waals surface area (Å²) in [6, 6.07) is 5.88. The van der Waals surface area contributed by atoms with E-state index in [0.29, 0.717) is 44.1 Å². The van der Waals surface area contributed by atoms with E-state index < -0.39 is 68.4 Å². The number of benzene rings is 2. The quantitative estimate of drug-likeness (QED) is 0.230. The van der Waals surface area contributed by atoms with Gasteiger partial charge in [0.15, 0.2) is 0 Å². The van der Waals surface area contributed by atoms with Crippen LogP contribution in [0.5, 0.6) is 0 Å². The number of nitrogens with zero attached hydrogens (tertiary/aromatic N) is 2. The molecule has 0 radical (unpaired) electrons. The number of aromatic nitrogens is 1. The molecule has 1 aliphatic heterocycles. The minimum atomic E-state index is -3.48. The van der Waals surface area contributed by atoms with Crippen molar-refractivity contribution < 1.29 is 35.6 Å². The van der Waals surface area contributed by atoms with E-state index in [9.17, 15) is 31.2 Å². The van der Waals surface area contributed by atoms with Gasteiger partial charge in [-0.1, -0.05) is 12.1 Å². The van der Waals surface area contributed by atoms with Gasteiger partial charge in [-0.15, -0.1) is 0 Å². The van der Waals surface area contributed by atoms with E-state index in [1.807, 2.05) is 0 Å². The number of halogens is 4. The van der Waals surface area contributed by atoms with Crippen LogP contribution in [0, 0.1) is 29.2 Å². The van der Waals surface area contributed by atoms with E-state index in [2.05, 4.69) is 20.9 Å². The molecular formula is C34H37F4N5O4S. The maximum atomic E-state index is 15.4. The minimum absolute atomic E-state index is 0.00471. The summed E-state index contributed by atoms with van der Waals surface area (Å²) in [5.74, 6) is -5.40. The Balaban J connectivity index is 1.30. The van der Waals surface area contributed by atoms with Crippen molar-refractivity contribution in [2.75, 3.05) is 25.0 Å². The number of piperazine rings is 1. The molecule has 256 valence electrons. The van der Waals surface area contributed by atoms with Crippen molar-refractivity contribution in [1.82, 2.24) is 19.9 Å². The molecule has 0 unspecified atom stereocenters. The molecule has 2 aliphatic carbocycles. The van der Waals surface area contributed by atoms with Gasteiger partial charge < -0.3 is 16.0 Å². The van der Waals surface area contributed by atoms with Crippen LogP contribution in [0.3, 0.4) is 0 Å². The molecule has 0 spiro atoms. The van der Waals surface area contributed by atoms with Crippen molar-refractivity contribution in [3.63, 3.8) is 0 Å². The predicted molar refractivity (Wildman–Crippen MR) is 170 cm³/mol. The molecule has 3 N–H and O–H groups in total. The Morgan fingerprint density at radius 3 is 2.31 bits per heavy atom. The number of nitrogens with one attached hydrogen (secondary N) is 3. The number of sulfonamides is 1. The van der Waals surface area contributed by atoms with Gasteiger partial charge in [-0.3, -0.25) is 14.6 Å². The zero-order valence-electron chi connectivity index (χ0n) is 26.1. The first-order chi connectivity index (χ1) is 23.0. The van der Waals surface area contributed by atoms with Crippen LogP contribution in [0.1, 0.15) is 61.1 Å². The molecule has 6 rings (SSSR count). The minimum Gasteiger partial charge on any atom is -0.343 e. The first-order valence-electron chi connectivity index (χ1n) is 16.1. The molecule has 3 fully saturated rings. The van der Waals surface area contributed by atoms with E-state index in [1.165, 1.54) is 22.6 Å². The molecule has 48 heavy (non-hydrogen) atoms. The van der Waals surface area contributed by atoms with Crippen molar-refractivity contribution in [2.45, 2.75) is 68.2 Å². The average molecular weight is 688 g/mol. The van der Waals surface area contributed by atoms with Gasteiger partial charge in [0.05, 0.1) is 23.3 Å². The Hall–Kier alpha value is -3.88. The number of rotatable bonds is 13. The van der Waals surface area contributed by atoms with Crippen LogP contribution in [0.25, 0.3) is 0 Å². The normalized spacial score (nSPS) is 19.8. The lowest BCUT2D eigenvalue weighted by Gasteiger charge is -2.35. The van der Waals surface area contributed by atoms with Gasteiger partial charge in [0, 0.05) is 49.6 Å². The highest BCUT2D eigenvalue weighted by molar-refractivity contribution is 7.90. The molecule has 3 atom stereocenters. The van der Waals surface area contributed by atoms with E-state index in [0.717, 1.165) is 43.3 Å². The van der Waals surface area contributed by atoms with Crippen molar-refractivity contribution >= 4 is 27.5 Å². The van der Waals surface area contributed by atoms with Crippen LogP contribution in [-0.4, -0.2) is 66.5 Å². The summed E-state index contributed by atoms with van der Waals surface area (Å²) in [5.41, 5.74) is 0.411. The number of amides is 2. The fourth-order valence-corrected chi connectivity index (χ4v) is 8.40. The van der Waals surface area contributed by atoms with E-state index in [1.54, 1.807) is 0 Å². The number of carbonyl (C=O) groups excluding carboxylic acids is 2. The molecule has 1 aromatic heterocycles. The second-order valence-corrected chi connectivity index (χ2v) is 15.0. The maximum absolute atomic E-state index is 15.4. The van der Waals surface area contributed by atoms with Crippen molar-refractivity contribution in [3.8, 4) is 0 Å². The second-order valence-electron chi connectivity index (χ2n) is 12.8. The highest BCUT2D eigenvalue weighted by Crippen LogP contribution is 2.35. The SMILES string of the molecule is O=C(CC1CC1)N[C@H](C(=O)Nc1cncc(F)c1CC[C@H]1CNCCN1S(=O)(=O)C1CC1)[C@@H](c1ccc(F)cc1)c1cc(F)cc(F)c1. The van der Waals surface area contributed by atoms with Gasteiger partial charge in [0.25, 0.3) is 0 Å². The number of hydrogen-bond donors (Lipinski definition) is 3. The van der Waals surface area contributed by atoms with Crippen molar-refractivity contribution in [1.29, 1.82) is 0 Å². The molecule has 14 heteroatoms. The van der Waals surface area contributed by atoms with Gasteiger partial charge >= 0.3 is 0 Å². The number of hydrogen-bond acceptors (Lipinski definition) is 6. The lowest BCUT2D eigenvalue weighted by molar-refractivity contribution is -0.127. The average Bonchev–Trinajstić information content (AvgIpc) is 3.97. The van der Waals surface area contributed by atoms with Crippen LogP contribution < -0.4 is 16.0 Å². The number of carbonyl (C=O) groups is 2. The van der Waals surface area contributed by atoms with E-state index in [4.69, 9.17) is 0 Å². The van der Waals surface area contributed by atoms with Gasteiger partial charge in [-0.05, 0) is 79.8 Å². The van der Waals surface area contributed by atoms with Gasteiger partial charge in [-0.2, -0.15) is 4.31 Å². The Bertz CT molecular complexity index is 1750. The molecule has 3 aromatic rings. The first-order valence-corrected chi connectivity index (χ1v) is 17.7. The summed E-state index contributed by atoms with van der Waals surface area (Å²) < 4.78 is 86.0. The van der Waals surface area contributed by atoms with E-state index >= 15 is 4.39 Å². The molecule has 2 heterocycles. The number of anilines is 1. The summed E-state index contributed by atoms with van der Waals surface area (Å²) >= 11 is 0. The fraction of sp³-hybridized carbons (Fsp3) is 0.441. The predicted octanol–water partition coefficient (Wildman–Crippen LogP) is 4.39. The highest BCUT2D eigenvalue weighted by atomic mass is 32.2. The zero-order valence-corrected chi connectivity index (χ0v) is 26.9. The summed E-state index contributed by atoms with van der Waals surface area (Å²) in [6.07, 6.45) is 5.65. The highest BCUT2D eigenvalue weighted by Gasteiger charge is 2.43. The third-order valence-electron chi connectivity index (χ3n) is 9.14. The summed E-state index contributed by atoms with van der Waals surface area (Å²) in [5, 5.41) is 8.22. The van der Waals surface area contributed by atoms with Crippen LogP contribution in [0.15, 0.2) is 54.9 Å². The Kier molecular flexibility index (Phi) is 10.1. The molecule has 2 aromatic carbocycles. The summed E-state index contributed by atoms with van der Waals surface area (Å²) in [7, 11) is -3.48. The van der Waals surface area contributed by atoms with Crippen LogP contribution in [-0.2, 0) is 26.0 Å². The standard InChI is InChI=1S/C34H37F4N5O4S/c35-23-5-3-21(4-6-23)32(22-14-24(36)16-25(37)15-22)33(42-31(44)13-20-1-2-20)34(45)41-30-19-40-18-29(38)28(30)10-7-26-17-39-11-12-43(26)48(46,47)27-8-9-27/h3-6,14-16,18-20,26-27,32-33,39H,1-2,7-13,17H2,(H,41,45)(H,42,44)/t26-,32-,33-/m0/s1. The van der Waals surface area contributed by atoms with Crippen LogP contribution in [0.2, 0.25) is 0 Å². The lowest BCUT2D eigenvalue weighted by atomic mass is 9.84. The maximum Gasteiger partial charge on any atom is 0.247 e. The molecule has 0 bridgehead atoms. The molecule has 2 saturated carbocycles. The molecular weight excluding hydrogens is 650 g/mol. The van der Waals surface area contributed by atoms with Gasteiger partial charge in [0.2, 0.25) is 21.8 Å². The van der Waals surface area contributed by atoms with E-state index in [-0.39, 0.29) is 42.0 Å². The Morgan fingerprint density at radius 1 is 0.938 bits per heavy atom. The van der Waals surface area contributed by atoms with Crippen molar-refractivity contribution in [3.05, 3.63) is 94.8 Å². The Labute approximate surface area is 276 Å². The second kappa shape index (κ2) is 14.3. The molecule has 3 aliphatic rings. The fourth-order valence-electron chi connectivity index (χ4n) is 6.34. The summed E-state index contributed by atoms with van der Waals surface area (Å²) in [6.45, 7) is 1.20. The van der Waals surface area contributed by atoms with Crippen LogP contribution >= 0.6 is 0 Å². The van der Waals surface area contributed by atoms with Crippen LogP contribution in [0.4, 0.5) is 23.2 Å². The topological polar surface area (TPSA) is 120 Å². The molecule has 2 amide bonds. The third-order valence-corrected chi connectivity index (χ3v) is 11.6. The monoisotopic (exact) mass is 687 g/mol. The summed E-state index contributed by atoms with van der Waals surface area (Å²) in [4.78, 5) is 31.2. The van der Waals surface area contributed by atoms with Gasteiger partial charge in [0.1, 0.15) is 29.3 Å². The third kappa shape index (κ3) is 8.04. The first kappa shape index (κ1) is 34.0. The van der Waals surface area contributed by atoms with Crippen molar-refractivity contribution in [2.24, 2.45) is 5.92 Å². The zero-order chi connectivity index (χ0) is 34.0. The lowest BCUT2D eigenvalue weighted by Crippen LogP contribution is -2.54. The van der Waals surface area contributed by atoms with Gasteiger partial charge in [-0.25, -0.2) is 26.0 Å².